The fourth-order valence-corrected chi connectivity index (χ4v) is 1.35. The Hall–Kier alpha value is -1.55. The van der Waals surface area contributed by atoms with E-state index in [-0.39, 0.29) is 12.5 Å². The molecule has 4 N–H and O–H groups in total. The molecule has 0 aliphatic carbocycles. The standard InChI is InChI=1S/C12H18N2O2/c13-11-6-4-10(5-7-11)12(16)14-8-2-1-3-9-15/h4-7,15H,1-3,8-9,13H2,(H,14,16). The third kappa shape index (κ3) is 4.31. The van der Waals surface area contributed by atoms with Crippen molar-refractivity contribution in [3.63, 3.8) is 0 Å². The van der Waals surface area contributed by atoms with Crippen molar-refractivity contribution in [2.24, 2.45) is 0 Å². The van der Waals surface area contributed by atoms with Gasteiger partial charge in [0.15, 0.2) is 0 Å². The van der Waals surface area contributed by atoms with E-state index in [2.05, 4.69) is 5.32 Å². The molecule has 0 saturated carbocycles. The summed E-state index contributed by atoms with van der Waals surface area (Å²) in [4.78, 5) is 11.6. The van der Waals surface area contributed by atoms with Crippen LogP contribution in [0.25, 0.3) is 0 Å². The molecule has 1 amide bonds. The van der Waals surface area contributed by atoms with Crippen LogP contribution in [0, 0.1) is 0 Å². The normalized spacial score (nSPS) is 10.1. The number of nitrogen functional groups attached to an aromatic ring is 1. The third-order valence-corrected chi connectivity index (χ3v) is 2.29. The number of hydrogen-bond donors (Lipinski definition) is 3. The quantitative estimate of drug-likeness (QED) is 0.499. The average Bonchev–Trinajstić information content (AvgIpc) is 2.29. The van der Waals surface area contributed by atoms with Crippen LogP contribution in [0.4, 0.5) is 5.69 Å². The first-order chi connectivity index (χ1) is 7.74. The van der Waals surface area contributed by atoms with Crippen LogP contribution in [0.5, 0.6) is 0 Å². The predicted molar refractivity (Wildman–Crippen MR) is 64.1 cm³/mol. The van der Waals surface area contributed by atoms with Gasteiger partial charge in [-0.2, -0.15) is 0 Å². The largest absolute Gasteiger partial charge is 0.399 e. The maximum absolute atomic E-state index is 11.6. The van der Waals surface area contributed by atoms with Gasteiger partial charge in [0.2, 0.25) is 0 Å². The summed E-state index contributed by atoms with van der Waals surface area (Å²) in [6.07, 6.45) is 2.61. The highest BCUT2D eigenvalue weighted by atomic mass is 16.2. The molecule has 88 valence electrons. The lowest BCUT2D eigenvalue weighted by Gasteiger charge is -2.04. The van der Waals surface area contributed by atoms with Crippen molar-refractivity contribution in [1.82, 2.24) is 5.32 Å². The molecule has 1 rings (SSSR count). The van der Waals surface area contributed by atoms with Crippen molar-refractivity contribution < 1.29 is 9.90 Å². The summed E-state index contributed by atoms with van der Waals surface area (Å²) in [7, 11) is 0. The number of benzene rings is 1. The van der Waals surface area contributed by atoms with Gasteiger partial charge in [0.05, 0.1) is 0 Å². The van der Waals surface area contributed by atoms with Gasteiger partial charge in [-0.15, -0.1) is 0 Å². The molecule has 0 saturated heterocycles. The number of hydrogen-bond acceptors (Lipinski definition) is 3. The minimum absolute atomic E-state index is 0.0796. The van der Waals surface area contributed by atoms with Crippen molar-refractivity contribution in [2.45, 2.75) is 19.3 Å². The number of anilines is 1. The molecule has 16 heavy (non-hydrogen) atoms. The summed E-state index contributed by atoms with van der Waals surface area (Å²) in [6, 6.07) is 6.83. The lowest BCUT2D eigenvalue weighted by atomic mass is 10.2. The van der Waals surface area contributed by atoms with Gasteiger partial charge >= 0.3 is 0 Å². The number of carbonyl (C=O) groups excluding carboxylic acids is 1. The summed E-state index contributed by atoms with van der Waals surface area (Å²) < 4.78 is 0. The third-order valence-electron chi connectivity index (χ3n) is 2.29. The Labute approximate surface area is 95.5 Å². The topological polar surface area (TPSA) is 75.4 Å². The minimum atomic E-state index is -0.0796. The summed E-state index contributed by atoms with van der Waals surface area (Å²) in [5, 5.41) is 11.4. The van der Waals surface area contributed by atoms with Crippen molar-refractivity contribution in [3.05, 3.63) is 29.8 Å². The Morgan fingerprint density at radius 2 is 1.88 bits per heavy atom. The molecule has 4 nitrogen and oxygen atoms in total. The van der Waals surface area contributed by atoms with Crippen LogP contribution in [0.3, 0.4) is 0 Å². The van der Waals surface area contributed by atoms with Gasteiger partial charge in [-0.3, -0.25) is 4.79 Å². The first-order valence-electron chi connectivity index (χ1n) is 5.48. The summed E-state index contributed by atoms with van der Waals surface area (Å²) in [5.74, 6) is -0.0796. The second kappa shape index (κ2) is 6.85. The molecular weight excluding hydrogens is 204 g/mol. The van der Waals surface area contributed by atoms with Crippen LogP contribution in [0.2, 0.25) is 0 Å². The summed E-state index contributed by atoms with van der Waals surface area (Å²) in [6.45, 7) is 0.856. The number of nitrogens with two attached hydrogens (primary N) is 1. The van der Waals surface area contributed by atoms with Crippen LogP contribution < -0.4 is 11.1 Å². The van der Waals surface area contributed by atoms with Gasteiger partial charge < -0.3 is 16.2 Å². The van der Waals surface area contributed by atoms with E-state index in [1.807, 2.05) is 0 Å². The van der Waals surface area contributed by atoms with Gasteiger partial charge in [-0.05, 0) is 43.5 Å². The van der Waals surface area contributed by atoms with Crippen LogP contribution in [-0.2, 0) is 0 Å². The summed E-state index contributed by atoms with van der Waals surface area (Å²) in [5.41, 5.74) is 6.80. The van der Waals surface area contributed by atoms with Crippen LogP contribution in [0.1, 0.15) is 29.6 Å². The number of nitrogens with one attached hydrogen (secondary N) is 1. The van der Waals surface area contributed by atoms with Gasteiger partial charge in [0.25, 0.3) is 5.91 Å². The Morgan fingerprint density at radius 1 is 1.19 bits per heavy atom. The SMILES string of the molecule is Nc1ccc(C(=O)NCCCCCO)cc1. The molecule has 0 heterocycles. The molecule has 0 aromatic heterocycles. The first kappa shape index (κ1) is 12.5. The lowest BCUT2D eigenvalue weighted by Crippen LogP contribution is -2.24. The maximum Gasteiger partial charge on any atom is 0.251 e. The molecule has 0 spiro atoms. The number of carbonyl (C=O) groups is 1. The molecule has 0 bridgehead atoms. The zero-order valence-electron chi connectivity index (χ0n) is 9.28. The molecule has 1 aromatic rings. The van der Waals surface area contributed by atoms with Gasteiger partial charge in [0, 0.05) is 24.4 Å². The van der Waals surface area contributed by atoms with E-state index in [0.717, 1.165) is 19.3 Å². The van der Waals surface area contributed by atoms with Gasteiger partial charge in [0.1, 0.15) is 0 Å². The van der Waals surface area contributed by atoms with Gasteiger partial charge in [-0.1, -0.05) is 0 Å². The van der Waals surface area contributed by atoms with Crippen LogP contribution in [-0.4, -0.2) is 24.2 Å². The minimum Gasteiger partial charge on any atom is -0.399 e. The monoisotopic (exact) mass is 222 g/mol. The van der Waals surface area contributed by atoms with Gasteiger partial charge in [-0.25, -0.2) is 0 Å². The van der Waals surface area contributed by atoms with E-state index in [9.17, 15) is 4.79 Å². The van der Waals surface area contributed by atoms with Crippen LogP contribution in [0.15, 0.2) is 24.3 Å². The highest BCUT2D eigenvalue weighted by Crippen LogP contribution is 2.05. The van der Waals surface area contributed by atoms with E-state index >= 15 is 0 Å². The summed E-state index contributed by atoms with van der Waals surface area (Å²) >= 11 is 0. The van der Waals surface area contributed by atoms with E-state index in [1.165, 1.54) is 0 Å². The molecule has 4 heteroatoms. The van der Waals surface area contributed by atoms with E-state index < -0.39 is 0 Å². The van der Waals surface area contributed by atoms with Crippen molar-refractivity contribution >= 4 is 11.6 Å². The molecule has 0 aliphatic heterocycles. The molecule has 0 atom stereocenters. The molecule has 0 unspecified atom stereocenters. The molecule has 1 aromatic carbocycles. The Bertz CT molecular complexity index is 322. The number of amides is 1. The Balaban J connectivity index is 2.27. The number of aliphatic hydroxyl groups is 1. The van der Waals surface area contributed by atoms with Crippen molar-refractivity contribution in [1.29, 1.82) is 0 Å². The molecule has 0 fully saturated rings. The van der Waals surface area contributed by atoms with E-state index in [4.69, 9.17) is 10.8 Å². The molecule has 0 radical (unpaired) electrons. The number of unbranched alkanes of at least 4 members (excludes halogenated alkanes) is 2. The van der Waals surface area contributed by atoms with E-state index in [0.29, 0.717) is 17.8 Å². The Kier molecular flexibility index (Phi) is 5.36. The second-order valence-corrected chi connectivity index (χ2v) is 3.66. The fourth-order valence-electron chi connectivity index (χ4n) is 1.35. The van der Waals surface area contributed by atoms with Crippen molar-refractivity contribution in [3.8, 4) is 0 Å². The number of aliphatic hydroxyl groups excluding tert-OH is 1. The second-order valence-electron chi connectivity index (χ2n) is 3.66. The first-order valence-corrected chi connectivity index (χ1v) is 5.48. The zero-order valence-corrected chi connectivity index (χ0v) is 9.28. The fraction of sp³-hybridized carbons (Fsp3) is 0.417. The predicted octanol–water partition coefficient (Wildman–Crippen LogP) is 1.16. The smallest absolute Gasteiger partial charge is 0.251 e. The number of rotatable bonds is 6. The molecular formula is C12H18N2O2. The maximum atomic E-state index is 11.6. The van der Waals surface area contributed by atoms with E-state index in [1.54, 1.807) is 24.3 Å². The van der Waals surface area contributed by atoms with Crippen LogP contribution >= 0.6 is 0 Å². The average molecular weight is 222 g/mol. The highest BCUT2D eigenvalue weighted by Gasteiger charge is 2.03. The Morgan fingerprint density at radius 3 is 2.50 bits per heavy atom. The highest BCUT2D eigenvalue weighted by molar-refractivity contribution is 5.94. The molecule has 0 aliphatic rings. The lowest BCUT2D eigenvalue weighted by molar-refractivity contribution is 0.0953. The van der Waals surface area contributed by atoms with Crippen molar-refractivity contribution in [2.75, 3.05) is 18.9 Å². The zero-order chi connectivity index (χ0) is 11.8.